The van der Waals surface area contributed by atoms with Gasteiger partial charge in [-0.1, -0.05) is 30.3 Å². The Kier molecular flexibility index (Phi) is 6.81. The highest BCUT2D eigenvalue weighted by Gasteiger charge is 2.15. The first kappa shape index (κ1) is 20.4. The van der Waals surface area contributed by atoms with Gasteiger partial charge in [0, 0.05) is 42.5 Å². The Labute approximate surface area is 170 Å². The Hall–Kier alpha value is -3.38. The number of methoxy groups -OCH3 is 1. The van der Waals surface area contributed by atoms with E-state index in [-0.39, 0.29) is 11.8 Å². The Morgan fingerprint density at radius 3 is 2.69 bits per heavy atom. The van der Waals surface area contributed by atoms with Crippen molar-refractivity contribution >= 4 is 34.5 Å². The highest BCUT2D eigenvalue weighted by Crippen LogP contribution is 2.20. The van der Waals surface area contributed by atoms with Gasteiger partial charge in [-0.05, 0) is 42.8 Å². The van der Waals surface area contributed by atoms with Crippen LogP contribution in [0.2, 0.25) is 0 Å². The van der Waals surface area contributed by atoms with Crippen molar-refractivity contribution in [3.8, 4) is 0 Å². The number of rotatable bonds is 8. The van der Waals surface area contributed by atoms with Crippen LogP contribution in [0.1, 0.15) is 12.5 Å². The van der Waals surface area contributed by atoms with Crippen LogP contribution in [0.5, 0.6) is 0 Å². The van der Waals surface area contributed by atoms with E-state index in [1.54, 1.807) is 20.1 Å². The lowest BCUT2D eigenvalue weighted by molar-refractivity contribution is -0.123. The molecule has 0 radical (unpaired) electrons. The zero-order valence-electron chi connectivity index (χ0n) is 16.6. The van der Waals surface area contributed by atoms with Crippen LogP contribution in [0, 0.1) is 0 Å². The zero-order valence-corrected chi connectivity index (χ0v) is 16.6. The normalized spacial score (nSPS) is 12.2. The fourth-order valence-electron chi connectivity index (χ4n) is 2.98. The molecule has 6 heteroatoms. The minimum Gasteiger partial charge on any atom is -0.383 e. The summed E-state index contributed by atoms with van der Waals surface area (Å²) in [5.74, 6) is -0.591. The number of carbonyl (C=O) groups excluding carboxylic acids is 2. The van der Waals surface area contributed by atoms with Gasteiger partial charge in [0.2, 0.25) is 11.8 Å². The molecule has 2 N–H and O–H groups in total. The van der Waals surface area contributed by atoms with Gasteiger partial charge in [0.15, 0.2) is 0 Å². The predicted molar refractivity (Wildman–Crippen MR) is 116 cm³/mol. The van der Waals surface area contributed by atoms with Crippen LogP contribution in [-0.2, 0) is 20.9 Å². The Bertz CT molecular complexity index is 1010. The average Bonchev–Trinajstić information content (AvgIpc) is 3.13. The summed E-state index contributed by atoms with van der Waals surface area (Å²) < 4.78 is 7.23. The van der Waals surface area contributed by atoms with Crippen molar-refractivity contribution in [2.24, 2.45) is 0 Å². The van der Waals surface area contributed by atoms with E-state index < -0.39 is 6.04 Å². The Balaban J connectivity index is 1.57. The summed E-state index contributed by atoms with van der Waals surface area (Å²) in [7, 11) is 1.68. The van der Waals surface area contributed by atoms with Gasteiger partial charge in [0.25, 0.3) is 0 Å². The molecule has 2 aromatic carbocycles. The SMILES string of the molecule is COCCn1ccc2cc(NC(=O)C(C)NC(=O)/C=C/c3ccccc3)ccc21. The van der Waals surface area contributed by atoms with Gasteiger partial charge in [0.05, 0.1) is 6.61 Å². The lowest BCUT2D eigenvalue weighted by atomic mass is 10.2. The number of aromatic nitrogens is 1. The van der Waals surface area contributed by atoms with E-state index in [0.717, 1.165) is 23.0 Å². The first-order chi connectivity index (χ1) is 14.1. The zero-order chi connectivity index (χ0) is 20.6. The predicted octanol–water partition coefficient (Wildman–Crippen LogP) is 3.44. The molecule has 0 saturated heterocycles. The fourth-order valence-corrected chi connectivity index (χ4v) is 2.98. The van der Waals surface area contributed by atoms with E-state index in [1.165, 1.54) is 6.08 Å². The van der Waals surface area contributed by atoms with Crippen molar-refractivity contribution in [3.63, 3.8) is 0 Å². The highest BCUT2D eigenvalue weighted by molar-refractivity contribution is 6.00. The number of ether oxygens (including phenoxy) is 1. The van der Waals surface area contributed by atoms with Crippen LogP contribution in [0.3, 0.4) is 0 Å². The monoisotopic (exact) mass is 391 g/mol. The van der Waals surface area contributed by atoms with Gasteiger partial charge in [-0.15, -0.1) is 0 Å². The van der Waals surface area contributed by atoms with E-state index in [2.05, 4.69) is 15.2 Å². The van der Waals surface area contributed by atoms with Crippen molar-refractivity contribution in [1.82, 2.24) is 9.88 Å². The summed E-state index contributed by atoms with van der Waals surface area (Å²) in [6, 6.07) is 16.6. The van der Waals surface area contributed by atoms with Gasteiger partial charge in [0.1, 0.15) is 6.04 Å². The van der Waals surface area contributed by atoms with Crippen LogP contribution in [0.4, 0.5) is 5.69 Å². The van der Waals surface area contributed by atoms with Crippen LogP contribution < -0.4 is 10.6 Å². The van der Waals surface area contributed by atoms with Crippen molar-refractivity contribution in [1.29, 1.82) is 0 Å². The molecule has 29 heavy (non-hydrogen) atoms. The molecule has 0 aliphatic carbocycles. The van der Waals surface area contributed by atoms with Crippen molar-refractivity contribution in [2.45, 2.75) is 19.5 Å². The number of anilines is 1. The number of fused-ring (bicyclic) bond motifs is 1. The molecule has 0 saturated carbocycles. The quantitative estimate of drug-likeness (QED) is 0.578. The van der Waals surface area contributed by atoms with Crippen LogP contribution in [0.15, 0.2) is 66.9 Å². The average molecular weight is 391 g/mol. The lowest BCUT2D eigenvalue weighted by Gasteiger charge is -2.13. The molecule has 0 fully saturated rings. The lowest BCUT2D eigenvalue weighted by Crippen LogP contribution is -2.40. The minimum atomic E-state index is -0.662. The second kappa shape index (κ2) is 9.71. The second-order valence-corrected chi connectivity index (χ2v) is 6.74. The maximum Gasteiger partial charge on any atom is 0.246 e. The smallest absolute Gasteiger partial charge is 0.246 e. The Morgan fingerprint density at radius 2 is 1.93 bits per heavy atom. The molecule has 0 bridgehead atoms. The summed E-state index contributed by atoms with van der Waals surface area (Å²) >= 11 is 0. The summed E-state index contributed by atoms with van der Waals surface area (Å²) in [6.07, 6.45) is 5.13. The minimum absolute atomic E-state index is 0.273. The first-order valence-corrected chi connectivity index (χ1v) is 9.49. The van der Waals surface area contributed by atoms with E-state index in [1.807, 2.05) is 60.8 Å². The van der Waals surface area contributed by atoms with E-state index in [4.69, 9.17) is 4.74 Å². The Morgan fingerprint density at radius 1 is 1.14 bits per heavy atom. The summed E-state index contributed by atoms with van der Waals surface area (Å²) in [6.45, 7) is 3.06. The second-order valence-electron chi connectivity index (χ2n) is 6.74. The molecule has 3 rings (SSSR count). The van der Waals surface area contributed by atoms with Crippen LogP contribution >= 0.6 is 0 Å². The molecule has 6 nitrogen and oxygen atoms in total. The maximum atomic E-state index is 12.4. The topological polar surface area (TPSA) is 72.4 Å². The molecule has 0 spiro atoms. The third-order valence-electron chi connectivity index (χ3n) is 4.55. The largest absolute Gasteiger partial charge is 0.383 e. The third kappa shape index (κ3) is 5.56. The van der Waals surface area contributed by atoms with Gasteiger partial charge >= 0.3 is 0 Å². The molecule has 2 amide bonds. The molecule has 0 aliphatic heterocycles. The number of nitrogens with zero attached hydrogens (tertiary/aromatic N) is 1. The van der Waals surface area contributed by atoms with Gasteiger partial charge in [-0.2, -0.15) is 0 Å². The number of hydrogen-bond acceptors (Lipinski definition) is 3. The van der Waals surface area contributed by atoms with Gasteiger partial charge in [-0.3, -0.25) is 9.59 Å². The van der Waals surface area contributed by atoms with Crippen molar-refractivity contribution in [2.75, 3.05) is 19.0 Å². The van der Waals surface area contributed by atoms with Crippen molar-refractivity contribution in [3.05, 3.63) is 72.4 Å². The molecule has 3 aromatic rings. The van der Waals surface area contributed by atoms with Crippen LogP contribution in [0.25, 0.3) is 17.0 Å². The molecular formula is C23H25N3O3. The molecular weight excluding hydrogens is 366 g/mol. The molecule has 0 aliphatic rings. The standard InChI is InChI=1S/C23H25N3O3/c1-17(24-22(27)11-8-18-6-4-3-5-7-18)23(28)25-20-9-10-21-19(16-20)12-13-26(21)14-15-29-2/h3-13,16-17H,14-15H2,1-2H3,(H,24,27)(H,25,28)/b11-8+. The van der Waals surface area contributed by atoms with Crippen LogP contribution in [-0.4, -0.2) is 36.1 Å². The number of amides is 2. The summed E-state index contributed by atoms with van der Waals surface area (Å²) in [4.78, 5) is 24.5. The molecule has 150 valence electrons. The molecule has 1 unspecified atom stereocenters. The van der Waals surface area contributed by atoms with E-state index >= 15 is 0 Å². The maximum absolute atomic E-state index is 12.4. The fraction of sp³-hybridized carbons (Fsp3) is 0.217. The molecule has 1 atom stereocenters. The first-order valence-electron chi connectivity index (χ1n) is 9.49. The number of benzene rings is 2. The van der Waals surface area contributed by atoms with Gasteiger partial charge < -0.3 is 19.9 Å². The number of carbonyl (C=O) groups is 2. The highest BCUT2D eigenvalue weighted by atomic mass is 16.5. The molecule has 1 aromatic heterocycles. The summed E-state index contributed by atoms with van der Waals surface area (Å²) in [5.41, 5.74) is 2.69. The number of hydrogen-bond donors (Lipinski definition) is 2. The number of nitrogens with one attached hydrogen (secondary N) is 2. The molecule has 1 heterocycles. The van der Waals surface area contributed by atoms with E-state index in [0.29, 0.717) is 12.3 Å². The van der Waals surface area contributed by atoms with Crippen molar-refractivity contribution < 1.29 is 14.3 Å². The summed E-state index contributed by atoms with van der Waals surface area (Å²) in [5, 5.41) is 6.56. The third-order valence-corrected chi connectivity index (χ3v) is 4.55. The van der Waals surface area contributed by atoms with Gasteiger partial charge in [-0.25, -0.2) is 0 Å². The van der Waals surface area contributed by atoms with E-state index in [9.17, 15) is 9.59 Å².